The van der Waals surface area contributed by atoms with Crippen LogP contribution in [0.4, 0.5) is 4.39 Å². The van der Waals surface area contributed by atoms with Crippen molar-refractivity contribution in [3.8, 4) is 22.6 Å². The number of halogens is 1. The highest BCUT2D eigenvalue weighted by Gasteiger charge is 2.21. The molecule has 0 unspecified atom stereocenters. The molecule has 27 heavy (non-hydrogen) atoms. The van der Waals surface area contributed by atoms with E-state index in [1.54, 1.807) is 0 Å². The number of carbonyl (C=O) groups is 1. The molecule has 0 aliphatic rings. The number of carboxylic acid groups (broad SMARTS) is 1. The van der Waals surface area contributed by atoms with E-state index in [1.165, 1.54) is 36.5 Å². The van der Waals surface area contributed by atoms with E-state index in [-0.39, 0.29) is 34.4 Å². The number of nitrogens with two attached hydrogens (primary N) is 1. The Morgan fingerprint density at radius 2 is 1.93 bits per heavy atom. The molecule has 8 heteroatoms. The maximum absolute atomic E-state index is 13.1. The van der Waals surface area contributed by atoms with Gasteiger partial charge in [0.05, 0.1) is 17.1 Å². The summed E-state index contributed by atoms with van der Waals surface area (Å²) in [6.45, 7) is 1.40. The molecular weight excluding hydrogens is 357 g/mol. The monoisotopic (exact) mass is 373 g/mol. The van der Waals surface area contributed by atoms with Crippen LogP contribution in [0.2, 0.25) is 0 Å². The Balaban J connectivity index is 2.14. The van der Waals surface area contributed by atoms with Crippen molar-refractivity contribution >= 4 is 16.9 Å². The molecule has 0 aliphatic carbocycles. The molecule has 0 saturated heterocycles. The van der Waals surface area contributed by atoms with E-state index >= 15 is 0 Å². The molecule has 3 aromatic rings. The molecule has 3 rings (SSSR count). The lowest BCUT2D eigenvalue weighted by Gasteiger charge is -2.14. The lowest BCUT2D eigenvalue weighted by Crippen LogP contribution is -2.90. The standard InChI is InChI=1S/C19H16FNO6/c1-9(19(25)26)21-7-12-14(22)6-15(23)16-17(24)13(8-27-18(12)16)10-2-4-11(20)5-3-10/h2-6,8-9,21-23H,7H2,1H3,(H,25,26)/t9-/m1/s1. The van der Waals surface area contributed by atoms with E-state index in [1.807, 2.05) is 0 Å². The van der Waals surface area contributed by atoms with Gasteiger partial charge in [0.2, 0.25) is 5.43 Å². The normalized spacial score (nSPS) is 12.2. The molecule has 0 spiro atoms. The number of carbonyl (C=O) groups excluding carboxylic acids is 1. The number of phenolic OH excluding ortho intramolecular Hbond substituents is 2. The number of hydrogen-bond donors (Lipinski definition) is 3. The highest BCUT2D eigenvalue weighted by molar-refractivity contribution is 5.90. The van der Waals surface area contributed by atoms with Crippen LogP contribution in [0.3, 0.4) is 0 Å². The predicted octanol–water partition coefficient (Wildman–Crippen LogP) is 0.212. The third-order valence-electron chi connectivity index (χ3n) is 4.31. The fourth-order valence-electron chi connectivity index (χ4n) is 2.74. The van der Waals surface area contributed by atoms with Gasteiger partial charge < -0.3 is 29.8 Å². The van der Waals surface area contributed by atoms with Crippen molar-refractivity contribution in [2.75, 3.05) is 0 Å². The third-order valence-corrected chi connectivity index (χ3v) is 4.31. The van der Waals surface area contributed by atoms with E-state index in [2.05, 4.69) is 0 Å². The van der Waals surface area contributed by atoms with Crippen LogP contribution >= 0.6 is 0 Å². The molecule has 0 aliphatic heterocycles. The Morgan fingerprint density at radius 3 is 2.56 bits per heavy atom. The van der Waals surface area contributed by atoms with E-state index in [0.717, 1.165) is 12.3 Å². The second kappa shape index (κ2) is 7.08. The van der Waals surface area contributed by atoms with Crippen LogP contribution in [0, 0.1) is 5.82 Å². The molecular formula is C19H16FNO6. The first-order chi connectivity index (χ1) is 12.8. The zero-order valence-corrected chi connectivity index (χ0v) is 14.2. The van der Waals surface area contributed by atoms with Crippen LogP contribution in [0.1, 0.15) is 12.5 Å². The number of rotatable bonds is 5. The van der Waals surface area contributed by atoms with Crippen molar-refractivity contribution in [2.45, 2.75) is 19.5 Å². The van der Waals surface area contributed by atoms with Gasteiger partial charge in [-0.25, -0.2) is 4.39 Å². The molecule has 0 amide bonds. The van der Waals surface area contributed by atoms with Crippen molar-refractivity contribution in [1.82, 2.24) is 0 Å². The van der Waals surface area contributed by atoms with Gasteiger partial charge in [-0.2, -0.15) is 0 Å². The Labute approximate surface area is 152 Å². The number of quaternary nitrogens is 1. The number of hydrogen-bond acceptors (Lipinski definition) is 6. The van der Waals surface area contributed by atoms with E-state index in [0.29, 0.717) is 5.56 Å². The average Bonchev–Trinajstić information content (AvgIpc) is 2.62. The zero-order chi connectivity index (χ0) is 19.7. The minimum absolute atomic E-state index is 0.0173. The number of phenols is 2. The van der Waals surface area contributed by atoms with Gasteiger partial charge in [0, 0.05) is 6.07 Å². The lowest BCUT2D eigenvalue weighted by molar-refractivity contribution is -0.695. The van der Waals surface area contributed by atoms with Crippen LogP contribution in [-0.2, 0) is 11.3 Å². The van der Waals surface area contributed by atoms with Gasteiger partial charge in [-0.3, -0.25) is 4.79 Å². The second-order valence-corrected chi connectivity index (χ2v) is 6.13. The summed E-state index contributed by atoms with van der Waals surface area (Å²) in [6, 6.07) is 5.30. The van der Waals surface area contributed by atoms with Gasteiger partial charge in [0.15, 0.2) is 5.58 Å². The van der Waals surface area contributed by atoms with Crippen molar-refractivity contribution in [3.63, 3.8) is 0 Å². The summed E-state index contributed by atoms with van der Waals surface area (Å²) in [4.78, 5) is 23.7. The van der Waals surface area contributed by atoms with Gasteiger partial charge in [-0.15, -0.1) is 0 Å². The first kappa shape index (κ1) is 18.4. The first-order valence-corrected chi connectivity index (χ1v) is 8.09. The minimum Gasteiger partial charge on any atom is -0.544 e. The summed E-state index contributed by atoms with van der Waals surface area (Å²) < 4.78 is 18.6. The summed E-state index contributed by atoms with van der Waals surface area (Å²) in [7, 11) is 0. The van der Waals surface area contributed by atoms with Gasteiger partial charge in [-0.1, -0.05) is 12.1 Å². The number of aliphatic carboxylic acids is 1. The molecule has 1 aromatic heterocycles. The molecule has 1 atom stereocenters. The highest BCUT2D eigenvalue weighted by Crippen LogP contribution is 2.33. The highest BCUT2D eigenvalue weighted by atomic mass is 19.1. The molecule has 0 fully saturated rings. The lowest BCUT2D eigenvalue weighted by atomic mass is 10.0. The smallest absolute Gasteiger partial charge is 0.204 e. The van der Waals surface area contributed by atoms with Crippen LogP contribution < -0.4 is 15.9 Å². The van der Waals surface area contributed by atoms with Crippen molar-refractivity contribution < 1.29 is 34.2 Å². The van der Waals surface area contributed by atoms with E-state index < -0.39 is 29.0 Å². The largest absolute Gasteiger partial charge is 0.544 e. The summed E-state index contributed by atoms with van der Waals surface area (Å²) in [5.41, 5.74) is 0.0677. The zero-order valence-electron chi connectivity index (χ0n) is 14.2. The third kappa shape index (κ3) is 3.47. The Morgan fingerprint density at radius 1 is 1.26 bits per heavy atom. The van der Waals surface area contributed by atoms with E-state index in [9.17, 15) is 29.3 Å². The summed E-state index contributed by atoms with van der Waals surface area (Å²) in [5.74, 6) is -2.55. The number of aromatic hydroxyl groups is 2. The van der Waals surface area contributed by atoms with Crippen LogP contribution in [0.5, 0.6) is 11.5 Å². The molecule has 0 radical (unpaired) electrons. The van der Waals surface area contributed by atoms with Gasteiger partial charge in [0.1, 0.15) is 41.6 Å². The fourth-order valence-corrected chi connectivity index (χ4v) is 2.74. The molecule has 2 aromatic carbocycles. The number of carboxylic acids is 1. The Hall–Kier alpha value is -3.39. The average molecular weight is 373 g/mol. The molecule has 140 valence electrons. The molecule has 0 saturated carbocycles. The molecule has 7 nitrogen and oxygen atoms in total. The van der Waals surface area contributed by atoms with E-state index in [4.69, 9.17) is 4.42 Å². The van der Waals surface area contributed by atoms with Gasteiger partial charge >= 0.3 is 0 Å². The SMILES string of the molecule is C[C@@H]([NH2+]Cc1c(O)cc(O)c2c(=O)c(-c3ccc(F)cc3)coc12)C(=O)[O-]. The second-order valence-electron chi connectivity index (χ2n) is 6.13. The van der Waals surface area contributed by atoms with Crippen LogP contribution in [0.25, 0.3) is 22.1 Å². The van der Waals surface area contributed by atoms with Crippen LogP contribution in [-0.4, -0.2) is 22.2 Å². The predicted molar refractivity (Wildman–Crippen MR) is 91.3 cm³/mol. The van der Waals surface area contributed by atoms with Crippen molar-refractivity contribution in [2.24, 2.45) is 0 Å². The number of benzene rings is 2. The first-order valence-electron chi connectivity index (χ1n) is 8.09. The molecule has 0 bridgehead atoms. The summed E-state index contributed by atoms with van der Waals surface area (Å²) in [6.07, 6.45) is 1.16. The maximum Gasteiger partial charge on any atom is 0.204 e. The van der Waals surface area contributed by atoms with Gasteiger partial charge in [-0.05, 0) is 24.6 Å². The van der Waals surface area contributed by atoms with Crippen molar-refractivity contribution in [3.05, 3.63) is 58.2 Å². The Bertz CT molecular complexity index is 1070. The van der Waals surface area contributed by atoms with Crippen LogP contribution in [0.15, 0.2) is 45.8 Å². The summed E-state index contributed by atoms with van der Waals surface area (Å²) >= 11 is 0. The number of fused-ring (bicyclic) bond motifs is 1. The Kier molecular flexibility index (Phi) is 4.83. The maximum atomic E-state index is 13.1. The topological polar surface area (TPSA) is 127 Å². The molecule has 4 N–H and O–H groups in total. The minimum atomic E-state index is -1.28. The quantitative estimate of drug-likeness (QED) is 0.587. The van der Waals surface area contributed by atoms with Crippen molar-refractivity contribution in [1.29, 1.82) is 0 Å². The fraction of sp³-hybridized carbons (Fsp3) is 0.158. The summed E-state index contributed by atoms with van der Waals surface area (Å²) in [5, 5.41) is 32.3. The molecule has 1 heterocycles. The van der Waals surface area contributed by atoms with Gasteiger partial charge in [0.25, 0.3) is 0 Å².